The molecular weight excluding hydrogens is 384 g/mol. The van der Waals surface area contributed by atoms with Crippen molar-refractivity contribution >= 4 is 11.9 Å². The fourth-order valence-electron chi connectivity index (χ4n) is 3.09. The summed E-state index contributed by atoms with van der Waals surface area (Å²) >= 11 is 0. The van der Waals surface area contributed by atoms with Crippen molar-refractivity contribution in [1.82, 2.24) is 0 Å². The molecule has 2 rings (SSSR count). The predicted octanol–water partition coefficient (Wildman–Crippen LogP) is 4.59. The topological polar surface area (TPSA) is 82.1 Å². The van der Waals surface area contributed by atoms with Gasteiger partial charge in [-0.15, -0.1) is 0 Å². The SMILES string of the molecule is CCOC(=O)C(C(=O)O)C(C=C(C)C)c1ccc(OCc2cccc(OC)c2)cc1. The van der Waals surface area contributed by atoms with Crippen molar-refractivity contribution in [3.05, 3.63) is 71.3 Å². The van der Waals surface area contributed by atoms with Gasteiger partial charge in [0.2, 0.25) is 0 Å². The maximum Gasteiger partial charge on any atom is 0.321 e. The molecule has 1 N–H and O–H groups in total. The van der Waals surface area contributed by atoms with E-state index in [1.807, 2.05) is 38.1 Å². The zero-order chi connectivity index (χ0) is 22.1. The molecule has 0 aliphatic heterocycles. The van der Waals surface area contributed by atoms with Crippen LogP contribution in [0.4, 0.5) is 0 Å². The van der Waals surface area contributed by atoms with E-state index >= 15 is 0 Å². The van der Waals surface area contributed by atoms with Crippen LogP contribution in [0.25, 0.3) is 0 Å². The molecule has 6 heteroatoms. The van der Waals surface area contributed by atoms with Crippen LogP contribution in [-0.4, -0.2) is 30.8 Å². The van der Waals surface area contributed by atoms with Gasteiger partial charge in [0.25, 0.3) is 0 Å². The minimum Gasteiger partial charge on any atom is -0.497 e. The fraction of sp³-hybridized carbons (Fsp3) is 0.333. The molecule has 2 aromatic rings. The summed E-state index contributed by atoms with van der Waals surface area (Å²) in [6.45, 7) is 5.88. The zero-order valence-electron chi connectivity index (χ0n) is 17.8. The third-order valence-electron chi connectivity index (χ3n) is 4.48. The number of hydrogen-bond acceptors (Lipinski definition) is 5. The first-order valence-corrected chi connectivity index (χ1v) is 9.75. The van der Waals surface area contributed by atoms with Gasteiger partial charge in [-0.25, -0.2) is 0 Å². The summed E-state index contributed by atoms with van der Waals surface area (Å²) in [6.07, 6.45) is 1.78. The number of methoxy groups -OCH3 is 1. The Balaban J connectivity index is 2.21. The molecule has 0 fully saturated rings. The summed E-state index contributed by atoms with van der Waals surface area (Å²) < 4.78 is 16.0. The summed E-state index contributed by atoms with van der Waals surface area (Å²) in [5.74, 6) is -2.52. The molecule has 0 spiro atoms. The number of esters is 1. The Morgan fingerprint density at radius 3 is 2.33 bits per heavy atom. The van der Waals surface area contributed by atoms with Gasteiger partial charge in [-0.05, 0) is 56.2 Å². The highest BCUT2D eigenvalue weighted by Crippen LogP contribution is 2.30. The Bertz CT molecular complexity index is 881. The number of carboxylic acid groups (broad SMARTS) is 1. The summed E-state index contributed by atoms with van der Waals surface area (Å²) in [5.41, 5.74) is 2.58. The van der Waals surface area contributed by atoms with Crippen LogP contribution in [0.1, 0.15) is 37.8 Å². The van der Waals surface area contributed by atoms with Crippen LogP contribution >= 0.6 is 0 Å². The number of rotatable bonds is 10. The molecule has 2 aromatic carbocycles. The van der Waals surface area contributed by atoms with Crippen LogP contribution < -0.4 is 9.47 Å². The van der Waals surface area contributed by atoms with Crippen LogP contribution in [0, 0.1) is 5.92 Å². The summed E-state index contributed by atoms with van der Waals surface area (Å²) in [6, 6.07) is 14.7. The van der Waals surface area contributed by atoms with Crippen molar-refractivity contribution in [3.63, 3.8) is 0 Å². The van der Waals surface area contributed by atoms with Crippen molar-refractivity contribution in [3.8, 4) is 11.5 Å². The number of aliphatic carboxylic acids is 1. The lowest BCUT2D eigenvalue weighted by molar-refractivity contribution is -0.158. The smallest absolute Gasteiger partial charge is 0.321 e. The van der Waals surface area contributed by atoms with Gasteiger partial charge in [-0.3, -0.25) is 9.59 Å². The molecular formula is C24H28O6. The molecule has 6 nitrogen and oxygen atoms in total. The number of carbonyl (C=O) groups excluding carboxylic acids is 1. The van der Waals surface area contributed by atoms with Crippen LogP contribution in [0.3, 0.4) is 0 Å². The second-order valence-electron chi connectivity index (χ2n) is 7.05. The first kappa shape index (κ1) is 23.0. The van der Waals surface area contributed by atoms with Crippen LogP contribution in [0.15, 0.2) is 60.2 Å². The van der Waals surface area contributed by atoms with Gasteiger partial charge in [0.05, 0.1) is 13.7 Å². The van der Waals surface area contributed by atoms with E-state index in [0.717, 1.165) is 16.9 Å². The Kier molecular flexibility index (Phi) is 8.47. The van der Waals surface area contributed by atoms with E-state index in [2.05, 4.69) is 0 Å². The number of carbonyl (C=O) groups is 2. The maximum atomic E-state index is 12.3. The molecule has 2 unspecified atom stereocenters. The van der Waals surface area contributed by atoms with E-state index in [4.69, 9.17) is 14.2 Å². The summed E-state index contributed by atoms with van der Waals surface area (Å²) in [5, 5.41) is 9.66. The summed E-state index contributed by atoms with van der Waals surface area (Å²) in [4.78, 5) is 24.1. The molecule has 2 atom stereocenters. The molecule has 0 bridgehead atoms. The number of hydrogen-bond donors (Lipinski definition) is 1. The minimum atomic E-state index is -1.32. The van der Waals surface area contributed by atoms with Crippen molar-refractivity contribution in [2.24, 2.45) is 5.92 Å². The van der Waals surface area contributed by atoms with E-state index in [9.17, 15) is 14.7 Å². The Hall–Kier alpha value is -3.28. The van der Waals surface area contributed by atoms with Gasteiger partial charge < -0.3 is 19.3 Å². The lowest BCUT2D eigenvalue weighted by atomic mass is 9.84. The molecule has 0 aliphatic rings. The highest BCUT2D eigenvalue weighted by atomic mass is 16.5. The molecule has 0 radical (unpaired) electrons. The Labute approximate surface area is 177 Å². The molecule has 30 heavy (non-hydrogen) atoms. The van der Waals surface area contributed by atoms with E-state index < -0.39 is 23.8 Å². The van der Waals surface area contributed by atoms with Gasteiger partial charge in [-0.1, -0.05) is 35.9 Å². The predicted molar refractivity (Wildman–Crippen MR) is 114 cm³/mol. The number of carboxylic acids is 1. The molecule has 0 saturated carbocycles. The van der Waals surface area contributed by atoms with Crippen LogP contribution in [0.5, 0.6) is 11.5 Å². The van der Waals surface area contributed by atoms with Gasteiger partial charge in [-0.2, -0.15) is 0 Å². The van der Waals surface area contributed by atoms with Gasteiger partial charge in [0, 0.05) is 5.92 Å². The highest BCUT2D eigenvalue weighted by Gasteiger charge is 2.36. The van der Waals surface area contributed by atoms with Crippen molar-refractivity contribution in [2.75, 3.05) is 13.7 Å². The van der Waals surface area contributed by atoms with E-state index in [1.165, 1.54) is 0 Å². The lowest BCUT2D eigenvalue weighted by Crippen LogP contribution is -2.31. The fourth-order valence-corrected chi connectivity index (χ4v) is 3.09. The standard InChI is InChI=1S/C24H28O6/c1-5-29-24(27)22(23(25)26)21(13-16(2)3)18-9-11-19(12-10-18)30-15-17-7-6-8-20(14-17)28-4/h6-14,21-22H,5,15H2,1-4H3,(H,25,26). The second-order valence-corrected chi connectivity index (χ2v) is 7.05. The lowest BCUT2D eigenvalue weighted by Gasteiger charge is -2.21. The monoisotopic (exact) mass is 412 g/mol. The van der Waals surface area contributed by atoms with Crippen molar-refractivity contribution in [1.29, 1.82) is 0 Å². The average Bonchev–Trinajstić information content (AvgIpc) is 2.72. The van der Waals surface area contributed by atoms with Crippen molar-refractivity contribution < 1.29 is 28.9 Å². The van der Waals surface area contributed by atoms with Crippen molar-refractivity contribution in [2.45, 2.75) is 33.3 Å². The number of benzene rings is 2. The van der Waals surface area contributed by atoms with Gasteiger partial charge in [0.1, 0.15) is 18.1 Å². The zero-order valence-corrected chi connectivity index (χ0v) is 17.8. The Morgan fingerprint density at radius 2 is 1.77 bits per heavy atom. The first-order valence-electron chi connectivity index (χ1n) is 9.75. The largest absolute Gasteiger partial charge is 0.497 e. The highest BCUT2D eigenvalue weighted by molar-refractivity contribution is 5.95. The maximum absolute atomic E-state index is 12.3. The normalized spacial score (nSPS) is 12.4. The number of allylic oxidation sites excluding steroid dienone is 2. The molecule has 0 aliphatic carbocycles. The molecule has 0 amide bonds. The first-order chi connectivity index (χ1) is 14.3. The van der Waals surface area contributed by atoms with E-state index in [1.54, 1.807) is 44.4 Å². The third-order valence-corrected chi connectivity index (χ3v) is 4.48. The molecule has 0 heterocycles. The van der Waals surface area contributed by atoms with E-state index in [-0.39, 0.29) is 6.61 Å². The van der Waals surface area contributed by atoms with Crippen LogP contribution in [0.2, 0.25) is 0 Å². The Morgan fingerprint density at radius 1 is 1.07 bits per heavy atom. The third kappa shape index (κ3) is 6.37. The van der Waals surface area contributed by atoms with Gasteiger partial charge >= 0.3 is 11.9 Å². The van der Waals surface area contributed by atoms with E-state index in [0.29, 0.717) is 17.9 Å². The average molecular weight is 412 g/mol. The quantitative estimate of drug-likeness (QED) is 0.349. The molecule has 0 aromatic heterocycles. The molecule has 0 saturated heterocycles. The van der Waals surface area contributed by atoms with Crippen LogP contribution in [-0.2, 0) is 20.9 Å². The van der Waals surface area contributed by atoms with Gasteiger partial charge in [0.15, 0.2) is 5.92 Å². The summed E-state index contributed by atoms with van der Waals surface area (Å²) in [7, 11) is 1.61. The molecule has 160 valence electrons. The number of ether oxygens (including phenoxy) is 3. The second kappa shape index (κ2) is 11.0. The minimum absolute atomic E-state index is 0.126.